The molecule has 0 radical (unpaired) electrons. The lowest BCUT2D eigenvalue weighted by Crippen LogP contribution is -2.36. The molecule has 0 aliphatic carbocycles. The summed E-state index contributed by atoms with van der Waals surface area (Å²) in [4.78, 5) is 47.7. The highest BCUT2D eigenvalue weighted by atomic mass is 16.5. The van der Waals surface area contributed by atoms with Crippen LogP contribution >= 0.6 is 0 Å². The molecule has 36 heavy (non-hydrogen) atoms. The number of esters is 2. The Bertz CT molecular complexity index is 1100. The van der Waals surface area contributed by atoms with E-state index in [1.54, 1.807) is 25.1 Å². The van der Waals surface area contributed by atoms with Crippen LogP contribution < -0.4 is 14.8 Å². The van der Waals surface area contributed by atoms with Gasteiger partial charge in [0.05, 0.1) is 12.2 Å². The molecule has 2 aromatic carbocycles. The fourth-order valence-corrected chi connectivity index (χ4v) is 2.84. The predicted molar refractivity (Wildman–Crippen MR) is 129 cm³/mol. The van der Waals surface area contributed by atoms with Gasteiger partial charge in [0.15, 0.2) is 6.61 Å². The molecule has 0 bridgehead atoms. The molecule has 0 atom stereocenters. The predicted octanol–water partition coefficient (Wildman–Crippen LogP) is 1.86. The molecule has 2 rings (SSSR count). The highest BCUT2D eigenvalue weighted by Crippen LogP contribution is 2.18. The first kappa shape index (κ1) is 27.6. The molecule has 11 heteroatoms. The van der Waals surface area contributed by atoms with E-state index >= 15 is 0 Å². The van der Waals surface area contributed by atoms with Crippen LogP contribution in [0.25, 0.3) is 0 Å². The molecule has 0 saturated carbocycles. The number of rotatable bonds is 13. The summed E-state index contributed by atoms with van der Waals surface area (Å²) in [6.07, 6.45) is 1.58. The Morgan fingerprint density at radius 2 is 1.64 bits per heavy atom. The third-order valence-electron chi connectivity index (χ3n) is 4.53. The number of hydrogen-bond donors (Lipinski definition) is 3. The van der Waals surface area contributed by atoms with E-state index in [0.29, 0.717) is 11.3 Å². The number of carbonyl (C=O) groups excluding carboxylic acids is 3. The van der Waals surface area contributed by atoms with E-state index in [9.17, 15) is 19.2 Å². The number of benzene rings is 2. The van der Waals surface area contributed by atoms with Crippen LogP contribution in [0.5, 0.6) is 11.5 Å². The Balaban J connectivity index is 1.93. The van der Waals surface area contributed by atoms with Crippen molar-refractivity contribution < 1.29 is 38.5 Å². The van der Waals surface area contributed by atoms with Crippen molar-refractivity contribution in [3.63, 3.8) is 0 Å². The minimum absolute atomic E-state index is 0.0908. The summed E-state index contributed by atoms with van der Waals surface area (Å²) < 4.78 is 15.5. The number of nitrogens with zero attached hydrogens (tertiary/aromatic N) is 1. The average molecular weight is 498 g/mol. The Morgan fingerprint density at radius 1 is 1.03 bits per heavy atom. The molecule has 190 valence electrons. The van der Waals surface area contributed by atoms with Gasteiger partial charge in [0.25, 0.3) is 5.91 Å². The molecule has 1 amide bonds. The molecular formula is C25H27N3O8. The van der Waals surface area contributed by atoms with Crippen molar-refractivity contribution >= 4 is 29.7 Å². The zero-order valence-corrected chi connectivity index (χ0v) is 19.7. The maximum Gasteiger partial charge on any atom is 0.343 e. The maximum absolute atomic E-state index is 12.4. The first-order valence-electron chi connectivity index (χ1n) is 10.9. The fourth-order valence-electron chi connectivity index (χ4n) is 2.84. The smallest absolute Gasteiger partial charge is 0.343 e. The first-order chi connectivity index (χ1) is 17.2. The summed E-state index contributed by atoms with van der Waals surface area (Å²) in [5.41, 5.74) is 0.746. The van der Waals surface area contributed by atoms with Crippen LogP contribution in [-0.4, -0.2) is 72.5 Å². The molecule has 11 nitrogen and oxygen atoms in total. The van der Waals surface area contributed by atoms with Crippen molar-refractivity contribution in [2.24, 2.45) is 0 Å². The van der Waals surface area contributed by atoms with Gasteiger partial charge in [-0.3, -0.25) is 19.8 Å². The molecule has 0 fully saturated rings. The lowest BCUT2D eigenvalue weighted by Gasteiger charge is -2.22. The van der Waals surface area contributed by atoms with Gasteiger partial charge in [0.2, 0.25) is 0 Å². The van der Waals surface area contributed by atoms with Crippen LogP contribution in [-0.2, 0) is 19.1 Å². The monoisotopic (exact) mass is 497 g/mol. The minimum atomic E-state index is -1.16. The van der Waals surface area contributed by atoms with E-state index in [-0.39, 0.29) is 43.5 Å². The van der Waals surface area contributed by atoms with Gasteiger partial charge < -0.3 is 29.5 Å². The largest absolute Gasteiger partial charge is 0.484 e. The zero-order valence-electron chi connectivity index (χ0n) is 19.7. The number of carboxylic acid groups (broad SMARTS) is 1. The van der Waals surface area contributed by atoms with E-state index in [4.69, 9.17) is 24.7 Å². The molecule has 0 heterocycles. The number of ether oxygens (including phenoxy) is 3. The van der Waals surface area contributed by atoms with E-state index in [1.807, 2.05) is 0 Å². The summed E-state index contributed by atoms with van der Waals surface area (Å²) in [6, 6.07) is 12.1. The molecule has 0 aromatic heterocycles. The fraction of sp³-hybridized carbons (Fsp3) is 0.240. The van der Waals surface area contributed by atoms with Crippen molar-refractivity contribution in [3.05, 3.63) is 72.3 Å². The van der Waals surface area contributed by atoms with E-state index < -0.39 is 30.4 Å². The first-order valence-corrected chi connectivity index (χ1v) is 10.9. The van der Waals surface area contributed by atoms with E-state index in [1.165, 1.54) is 41.3 Å². The maximum atomic E-state index is 12.4. The van der Waals surface area contributed by atoms with Crippen molar-refractivity contribution in [2.75, 3.05) is 32.8 Å². The third-order valence-corrected chi connectivity index (χ3v) is 4.53. The van der Waals surface area contributed by atoms with Crippen LogP contribution in [0.3, 0.4) is 0 Å². The number of carbonyl (C=O) groups is 4. The highest BCUT2D eigenvalue weighted by molar-refractivity contribution is 5.98. The number of hydrogen-bond acceptors (Lipinski definition) is 8. The highest BCUT2D eigenvalue weighted by Gasteiger charge is 2.16. The topological polar surface area (TPSA) is 155 Å². The number of carboxylic acids is 1. The van der Waals surface area contributed by atoms with Gasteiger partial charge in [0.1, 0.15) is 30.4 Å². The van der Waals surface area contributed by atoms with Gasteiger partial charge in [-0.25, -0.2) is 4.79 Å². The normalized spacial score (nSPS) is 10.0. The summed E-state index contributed by atoms with van der Waals surface area (Å²) in [5, 5.41) is 19.1. The summed E-state index contributed by atoms with van der Waals surface area (Å²) in [7, 11) is 0. The zero-order chi connectivity index (χ0) is 26.5. The van der Waals surface area contributed by atoms with E-state index in [0.717, 1.165) is 0 Å². The van der Waals surface area contributed by atoms with E-state index in [2.05, 4.69) is 11.9 Å². The number of amidine groups is 1. The van der Waals surface area contributed by atoms with Crippen LogP contribution in [0.15, 0.2) is 61.2 Å². The molecule has 2 aromatic rings. The van der Waals surface area contributed by atoms with Gasteiger partial charge >= 0.3 is 17.9 Å². The molecule has 0 unspecified atom stereocenters. The summed E-state index contributed by atoms with van der Waals surface area (Å²) in [6.45, 7) is 4.91. The number of amides is 1. The molecule has 3 N–H and O–H groups in total. The van der Waals surface area contributed by atoms with Gasteiger partial charge in [-0.05, 0) is 55.5 Å². The third kappa shape index (κ3) is 8.93. The Kier molecular flexibility index (Phi) is 10.6. The second-order valence-corrected chi connectivity index (χ2v) is 7.22. The van der Waals surface area contributed by atoms with Crippen LogP contribution in [0, 0.1) is 5.41 Å². The van der Waals surface area contributed by atoms with Crippen LogP contribution in [0.4, 0.5) is 0 Å². The lowest BCUT2D eigenvalue weighted by atomic mass is 10.1. The SMILES string of the molecule is C=CCN(CC(=O)OCC)C(=N)c1ccc(OC(=O)c2ccc(OCC(=O)NCC(=O)O)cc2)cc1. The van der Waals surface area contributed by atoms with Gasteiger partial charge in [-0.15, -0.1) is 6.58 Å². The van der Waals surface area contributed by atoms with Gasteiger partial charge in [-0.2, -0.15) is 0 Å². The van der Waals surface area contributed by atoms with Crippen LogP contribution in [0.2, 0.25) is 0 Å². The summed E-state index contributed by atoms with van der Waals surface area (Å²) in [5.74, 6) is -2.17. The van der Waals surface area contributed by atoms with Crippen LogP contribution in [0.1, 0.15) is 22.8 Å². The minimum Gasteiger partial charge on any atom is -0.484 e. The van der Waals surface area contributed by atoms with Crippen molar-refractivity contribution in [1.29, 1.82) is 5.41 Å². The van der Waals surface area contributed by atoms with Crippen molar-refractivity contribution in [2.45, 2.75) is 6.92 Å². The standard InChI is InChI=1S/C25H27N3O8/c1-3-13-28(15-23(32)34-4-2)24(26)17-5-11-20(12-6-17)36-25(33)18-7-9-19(10-8-18)35-16-21(29)27-14-22(30)31/h3,5-12,26H,1,4,13-16H2,2H3,(H,27,29)(H,30,31). The van der Waals surface area contributed by atoms with Crippen molar-refractivity contribution in [1.82, 2.24) is 10.2 Å². The second kappa shape index (κ2) is 13.9. The van der Waals surface area contributed by atoms with Crippen molar-refractivity contribution in [3.8, 4) is 11.5 Å². The van der Waals surface area contributed by atoms with Gasteiger partial charge in [-0.1, -0.05) is 6.08 Å². The number of aliphatic carboxylic acids is 1. The Labute approximate surface area is 207 Å². The quantitative estimate of drug-likeness (QED) is 0.124. The molecule has 0 aliphatic heterocycles. The Hall–Kier alpha value is -4.67. The molecule has 0 aliphatic rings. The second-order valence-electron chi connectivity index (χ2n) is 7.22. The molecular weight excluding hydrogens is 470 g/mol. The average Bonchev–Trinajstić information content (AvgIpc) is 2.86. The molecule has 0 saturated heterocycles. The number of nitrogens with one attached hydrogen (secondary N) is 2. The van der Waals surface area contributed by atoms with Gasteiger partial charge in [0, 0.05) is 12.1 Å². The lowest BCUT2D eigenvalue weighted by molar-refractivity contribution is -0.143. The molecule has 0 spiro atoms. The Morgan fingerprint density at radius 3 is 2.22 bits per heavy atom. The summed E-state index contributed by atoms with van der Waals surface area (Å²) >= 11 is 0.